The molecule has 1 atom stereocenters. The van der Waals surface area contributed by atoms with Crippen molar-refractivity contribution in [3.8, 4) is 0 Å². The number of morpholine rings is 1. The Bertz CT molecular complexity index is 353. The third-order valence-electron chi connectivity index (χ3n) is 2.98. The van der Waals surface area contributed by atoms with E-state index in [0.717, 1.165) is 38.5 Å². The van der Waals surface area contributed by atoms with E-state index in [1.54, 1.807) is 12.1 Å². The standard InChI is InChI=1S/C13H19FN2O/c1-2-16(10-13-9-15-6-7-17-13)12-5-3-4-11(14)8-12/h3-5,8,13,15H,2,6-7,9-10H2,1H3. The summed E-state index contributed by atoms with van der Waals surface area (Å²) in [6.07, 6.45) is 0.187. The van der Waals surface area contributed by atoms with Crippen molar-refractivity contribution in [2.75, 3.05) is 37.7 Å². The molecule has 0 aromatic heterocycles. The number of anilines is 1. The molecule has 1 N–H and O–H groups in total. The maximum absolute atomic E-state index is 13.2. The molecule has 1 unspecified atom stereocenters. The van der Waals surface area contributed by atoms with Crippen LogP contribution in [0.25, 0.3) is 0 Å². The van der Waals surface area contributed by atoms with Crippen LogP contribution in [0, 0.1) is 5.82 Å². The molecule has 0 saturated carbocycles. The average Bonchev–Trinajstić information content (AvgIpc) is 2.37. The van der Waals surface area contributed by atoms with E-state index in [1.807, 2.05) is 6.07 Å². The zero-order valence-corrected chi connectivity index (χ0v) is 10.2. The van der Waals surface area contributed by atoms with Crippen LogP contribution in [0.2, 0.25) is 0 Å². The van der Waals surface area contributed by atoms with Crippen LogP contribution in [0.3, 0.4) is 0 Å². The topological polar surface area (TPSA) is 24.5 Å². The van der Waals surface area contributed by atoms with Crippen LogP contribution >= 0.6 is 0 Å². The lowest BCUT2D eigenvalue weighted by molar-refractivity contribution is 0.0335. The van der Waals surface area contributed by atoms with Crippen LogP contribution in [0.4, 0.5) is 10.1 Å². The van der Waals surface area contributed by atoms with Gasteiger partial charge in [0.2, 0.25) is 0 Å². The Hall–Kier alpha value is -1.13. The Morgan fingerprint density at radius 2 is 2.41 bits per heavy atom. The summed E-state index contributed by atoms with van der Waals surface area (Å²) in [5.74, 6) is -0.191. The second-order valence-electron chi connectivity index (χ2n) is 4.22. The molecule has 1 heterocycles. The molecule has 0 radical (unpaired) electrons. The zero-order valence-electron chi connectivity index (χ0n) is 10.2. The van der Waals surface area contributed by atoms with E-state index < -0.39 is 0 Å². The molecule has 17 heavy (non-hydrogen) atoms. The van der Waals surface area contributed by atoms with Gasteiger partial charge in [-0.05, 0) is 25.1 Å². The lowest BCUT2D eigenvalue weighted by Gasteiger charge is -2.31. The number of nitrogens with one attached hydrogen (secondary N) is 1. The first-order chi connectivity index (χ1) is 8.29. The molecule has 1 aromatic rings. The van der Waals surface area contributed by atoms with E-state index in [2.05, 4.69) is 17.1 Å². The summed E-state index contributed by atoms with van der Waals surface area (Å²) in [5.41, 5.74) is 0.918. The SMILES string of the molecule is CCN(CC1CNCCO1)c1cccc(F)c1. The molecule has 0 amide bonds. The lowest BCUT2D eigenvalue weighted by atomic mass is 10.2. The van der Waals surface area contributed by atoms with Crippen molar-refractivity contribution in [1.29, 1.82) is 0 Å². The zero-order chi connectivity index (χ0) is 12.1. The highest BCUT2D eigenvalue weighted by atomic mass is 19.1. The van der Waals surface area contributed by atoms with E-state index in [1.165, 1.54) is 6.07 Å². The van der Waals surface area contributed by atoms with Gasteiger partial charge in [-0.3, -0.25) is 0 Å². The van der Waals surface area contributed by atoms with E-state index in [9.17, 15) is 4.39 Å². The minimum Gasteiger partial charge on any atom is -0.374 e. The number of nitrogens with zero attached hydrogens (tertiary/aromatic N) is 1. The van der Waals surface area contributed by atoms with Crippen molar-refractivity contribution in [3.05, 3.63) is 30.1 Å². The Labute approximate surface area is 102 Å². The fourth-order valence-corrected chi connectivity index (χ4v) is 2.07. The van der Waals surface area contributed by atoms with Crippen LogP contribution in [0.1, 0.15) is 6.92 Å². The van der Waals surface area contributed by atoms with Crippen LogP contribution in [0.15, 0.2) is 24.3 Å². The molecule has 0 aliphatic carbocycles. The van der Waals surface area contributed by atoms with Gasteiger partial charge in [-0.1, -0.05) is 6.07 Å². The number of hydrogen-bond donors (Lipinski definition) is 1. The summed E-state index contributed by atoms with van der Waals surface area (Å²) in [5, 5.41) is 3.30. The largest absolute Gasteiger partial charge is 0.374 e. The van der Waals surface area contributed by atoms with Crippen LogP contribution in [-0.2, 0) is 4.74 Å². The Morgan fingerprint density at radius 1 is 1.53 bits per heavy atom. The molecule has 2 rings (SSSR count). The molecule has 3 nitrogen and oxygen atoms in total. The highest BCUT2D eigenvalue weighted by Gasteiger charge is 2.17. The first-order valence-corrected chi connectivity index (χ1v) is 6.12. The molecular weight excluding hydrogens is 219 g/mol. The molecule has 0 spiro atoms. The molecule has 1 fully saturated rings. The molecule has 0 bridgehead atoms. The molecule has 94 valence electrons. The summed E-state index contributed by atoms with van der Waals surface area (Å²) in [7, 11) is 0. The monoisotopic (exact) mass is 238 g/mol. The minimum absolute atomic E-state index is 0.187. The van der Waals surface area contributed by atoms with Crippen LogP contribution in [-0.4, -0.2) is 38.9 Å². The van der Waals surface area contributed by atoms with Gasteiger partial charge < -0.3 is 15.0 Å². The maximum atomic E-state index is 13.2. The number of hydrogen-bond acceptors (Lipinski definition) is 3. The van der Waals surface area contributed by atoms with Gasteiger partial charge in [0.25, 0.3) is 0 Å². The van der Waals surface area contributed by atoms with Gasteiger partial charge in [0.15, 0.2) is 0 Å². The second kappa shape index (κ2) is 5.98. The predicted octanol–water partition coefficient (Wildman–Crippen LogP) is 1.64. The maximum Gasteiger partial charge on any atom is 0.125 e. The van der Waals surface area contributed by atoms with Gasteiger partial charge in [-0.2, -0.15) is 0 Å². The number of rotatable bonds is 4. The van der Waals surface area contributed by atoms with Crippen molar-refractivity contribution in [3.63, 3.8) is 0 Å². The van der Waals surface area contributed by atoms with Gasteiger partial charge in [0.05, 0.1) is 12.7 Å². The van der Waals surface area contributed by atoms with E-state index in [0.29, 0.717) is 0 Å². The number of likely N-dealkylation sites (N-methyl/N-ethyl adjacent to an activating group) is 1. The summed E-state index contributed by atoms with van der Waals surface area (Å²) >= 11 is 0. The predicted molar refractivity (Wildman–Crippen MR) is 66.9 cm³/mol. The van der Waals surface area contributed by atoms with Crippen molar-refractivity contribution in [2.45, 2.75) is 13.0 Å². The molecule has 1 aliphatic heterocycles. The van der Waals surface area contributed by atoms with Crippen molar-refractivity contribution < 1.29 is 9.13 Å². The molecule has 1 aromatic carbocycles. The normalized spacial score (nSPS) is 20.2. The van der Waals surface area contributed by atoms with Gasteiger partial charge in [0.1, 0.15) is 5.82 Å². The Morgan fingerprint density at radius 3 is 3.06 bits per heavy atom. The van der Waals surface area contributed by atoms with E-state index in [-0.39, 0.29) is 11.9 Å². The number of ether oxygens (including phenoxy) is 1. The highest BCUT2D eigenvalue weighted by molar-refractivity contribution is 5.46. The van der Waals surface area contributed by atoms with Crippen molar-refractivity contribution >= 4 is 5.69 Å². The fraction of sp³-hybridized carbons (Fsp3) is 0.538. The van der Waals surface area contributed by atoms with Gasteiger partial charge in [0, 0.05) is 31.9 Å². The summed E-state index contributed by atoms with van der Waals surface area (Å²) in [4.78, 5) is 2.14. The molecule has 1 aliphatic rings. The van der Waals surface area contributed by atoms with Gasteiger partial charge >= 0.3 is 0 Å². The van der Waals surface area contributed by atoms with E-state index in [4.69, 9.17) is 4.74 Å². The third-order valence-corrected chi connectivity index (χ3v) is 2.98. The minimum atomic E-state index is -0.191. The average molecular weight is 238 g/mol. The number of halogens is 1. The second-order valence-corrected chi connectivity index (χ2v) is 4.22. The smallest absolute Gasteiger partial charge is 0.125 e. The lowest BCUT2D eigenvalue weighted by Crippen LogP contribution is -2.45. The van der Waals surface area contributed by atoms with Crippen molar-refractivity contribution in [2.24, 2.45) is 0 Å². The number of benzene rings is 1. The van der Waals surface area contributed by atoms with Crippen LogP contribution < -0.4 is 10.2 Å². The third kappa shape index (κ3) is 3.41. The molecule has 4 heteroatoms. The van der Waals surface area contributed by atoms with Crippen molar-refractivity contribution in [1.82, 2.24) is 5.32 Å². The summed E-state index contributed by atoms with van der Waals surface area (Å²) < 4.78 is 18.8. The Balaban J connectivity index is 2.00. The quantitative estimate of drug-likeness (QED) is 0.863. The highest BCUT2D eigenvalue weighted by Crippen LogP contribution is 2.16. The Kier molecular flexibility index (Phi) is 4.34. The molecule has 1 saturated heterocycles. The van der Waals surface area contributed by atoms with Gasteiger partial charge in [-0.15, -0.1) is 0 Å². The van der Waals surface area contributed by atoms with E-state index >= 15 is 0 Å². The first kappa shape index (κ1) is 12.3. The van der Waals surface area contributed by atoms with Crippen LogP contribution in [0.5, 0.6) is 0 Å². The van der Waals surface area contributed by atoms with Gasteiger partial charge in [-0.25, -0.2) is 4.39 Å². The first-order valence-electron chi connectivity index (χ1n) is 6.12. The fourth-order valence-electron chi connectivity index (χ4n) is 2.07. The summed E-state index contributed by atoms with van der Waals surface area (Å²) in [6.45, 7) is 6.26. The molecular formula is C13H19FN2O. The summed E-state index contributed by atoms with van der Waals surface area (Å²) in [6, 6.07) is 6.71.